The molecule has 1 aromatic heterocycles. The lowest BCUT2D eigenvalue weighted by molar-refractivity contribution is -0.145. The van der Waals surface area contributed by atoms with Crippen molar-refractivity contribution in [3.05, 3.63) is 41.0 Å². The van der Waals surface area contributed by atoms with Gasteiger partial charge in [-0.15, -0.1) is 0 Å². The van der Waals surface area contributed by atoms with Gasteiger partial charge in [0.05, 0.1) is 27.0 Å². The number of aromatic nitrogens is 2. The number of hydrogen-bond acceptors (Lipinski definition) is 6. The van der Waals surface area contributed by atoms with E-state index >= 15 is 0 Å². The standard InChI is InChI=1S/C18H20F3N3O3/c1-25-14-6-11(7-15(26-2)16(14)27-3)9-24-5-4-13-12(10-24)8-22-17(23-13)18(19,20)21/h6-8H,4-5,9-10H2,1-3H3. The molecule has 0 aliphatic carbocycles. The lowest BCUT2D eigenvalue weighted by Crippen LogP contribution is -2.31. The van der Waals surface area contributed by atoms with E-state index in [4.69, 9.17) is 14.2 Å². The summed E-state index contributed by atoms with van der Waals surface area (Å²) in [5.74, 6) is 0.546. The molecule has 0 saturated carbocycles. The second kappa shape index (κ2) is 7.59. The van der Waals surface area contributed by atoms with Gasteiger partial charge in [0.15, 0.2) is 11.5 Å². The lowest BCUT2D eigenvalue weighted by atomic mass is 10.1. The first-order chi connectivity index (χ1) is 12.9. The van der Waals surface area contributed by atoms with Crippen molar-refractivity contribution in [3.8, 4) is 17.2 Å². The Hall–Kier alpha value is -2.55. The number of alkyl halides is 3. The van der Waals surface area contributed by atoms with E-state index in [0.29, 0.717) is 54.6 Å². The fraction of sp³-hybridized carbons (Fsp3) is 0.444. The van der Waals surface area contributed by atoms with Crippen molar-refractivity contribution < 1.29 is 27.4 Å². The summed E-state index contributed by atoms with van der Waals surface area (Å²) in [6, 6.07) is 3.72. The summed E-state index contributed by atoms with van der Waals surface area (Å²) < 4.78 is 54.3. The molecule has 0 bridgehead atoms. The van der Waals surface area contributed by atoms with Crippen LogP contribution in [0.5, 0.6) is 17.2 Å². The third-order valence-corrected chi connectivity index (χ3v) is 4.40. The third-order valence-electron chi connectivity index (χ3n) is 4.40. The first-order valence-corrected chi connectivity index (χ1v) is 8.29. The number of ether oxygens (including phenoxy) is 3. The molecule has 0 atom stereocenters. The van der Waals surface area contributed by atoms with Gasteiger partial charge in [-0.25, -0.2) is 9.97 Å². The van der Waals surface area contributed by atoms with Crippen molar-refractivity contribution in [3.63, 3.8) is 0 Å². The maximum absolute atomic E-state index is 12.8. The number of benzene rings is 1. The second-order valence-electron chi connectivity index (χ2n) is 6.16. The first kappa shape index (κ1) is 19.2. The molecule has 0 N–H and O–H groups in total. The summed E-state index contributed by atoms with van der Waals surface area (Å²) in [6.45, 7) is 1.65. The van der Waals surface area contributed by atoms with Crippen molar-refractivity contribution in [2.75, 3.05) is 27.9 Å². The molecule has 0 spiro atoms. The van der Waals surface area contributed by atoms with Gasteiger partial charge in [-0.05, 0) is 17.7 Å². The van der Waals surface area contributed by atoms with Crippen LogP contribution in [0.4, 0.5) is 13.2 Å². The van der Waals surface area contributed by atoms with E-state index in [1.165, 1.54) is 13.3 Å². The van der Waals surface area contributed by atoms with E-state index in [1.54, 1.807) is 14.2 Å². The Labute approximate surface area is 154 Å². The Bertz CT molecular complexity index is 802. The van der Waals surface area contributed by atoms with Gasteiger partial charge < -0.3 is 14.2 Å². The molecule has 2 aromatic rings. The zero-order chi connectivity index (χ0) is 19.6. The highest BCUT2D eigenvalue weighted by Crippen LogP contribution is 2.38. The highest BCUT2D eigenvalue weighted by Gasteiger charge is 2.35. The zero-order valence-corrected chi connectivity index (χ0v) is 15.3. The van der Waals surface area contributed by atoms with Gasteiger partial charge in [0, 0.05) is 37.8 Å². The third kappa shape index (κ3) is 4.08. The van der Waals surface area contributed by atoms with Crippen LogP contribution in [-0.4, -0.2) is 42.7 Å². The Kier molecular flexibility index (Phi) is 5.41. The number of methoxy groups -OCH3 is 3. The van der Waals surface area contributed by atoms with E-state index in [0.717, 1.165) is 5.56 Å². The van der Waals surface area contributed by atoms with Gasteiger partial charge in [-0.2, -0.15) is 13.2 Å². The van der Waals surface area contributed by atoms with Crippen LogP contribution in [0.25, 0.3) is 0 Å². The molecule has 3 rings (SSSR count). The average Bonchev–Trinajstić information content (AvgIpc) is 2.65. The predicted molar refractivity (Wildman–Crippen MR) is 91.0 cm³/mol. The fourth-order valence-corrected chi connectivity index (χ4v) is 3.13. The maximum atomic E-state index is 12.8. The van der Waals surface area contributed by atoms with Gasteiger partial charge in [-0.3, -0.25) is 4.90 Å². The molecule has 0 saturated heterocycles. The minimum Gasteiger partial charge on any atom is -0.493 e. The van der Waals surface area contributed by atoms with E-state index in [9.17, 15) is 13.2 Å². The topological polar surface area (TPSA) is 56.7 Å². The molecule has 0 unspecified atom stereocenters. The molecule has 9 heteroatoms. The van der Waals surface area contributed by atoms with E-state index in [1.807, 2.05) is 12.1 Å². The van der Waals surface area contributed by atoms with Gasteiger partial charge >= 0.3 is 6.18 Å². The highest BCUT2D eigenvalue weighted by atomic mass is 19.4. The van der Waals surface area contributed by atoms with Crippen LogP contribution in [0.3, 0.4) is 0 Å². The molecule has 6 nitrogen and oxygen atoms in total. The van der Waals surface area contributed by atoms with E-state index < -0.39 is 12.0 Å². The number of nitrogens with zero attached hydrogens (tertiary/aromatic N) is 3. The molecule has 0 fully saturated rings. The second-order valence-corrected chi connectivity index (χ2v) is 6.16. The average molecular weight is 383 g/mol. The Morgan fingerprint density at radius 2 is 1.74 bits per heavy atom. The lowest BCUT2D eigenvalue weighted by Gasteiger charge is -2.28. The molecule has 146 valence electrons. The molecular weight excluding hydrogens is 363 g/mol. The molecule has 27 heavy (non-hydrogen) atoms. The summed E-state index contributed by atoms with van der Waals surface area (Å²) in [6.07, 6.45) is -2.82. The van der Waals surface area contributed by atoms with Crippen molar-refractivity contribution >= 4 is 0 Å². The summed E-state index contributed by atoms with van der Waals surface area (Å²) in [7, 11) is 4.64. The monoisotopic (exact) mass is 383 g/mol. The molecule has 2 heterocycles. The summed E-state index contributed by atoms with van der Waals surface area (Å²) in [4.78, 5) is 9.26. The Balaban J connectivity index is 1.79. The number of fused-ring (bicyclic) bond motifs is 1. The normalized spacial score (nSPS) is 14.6. The fourth-order valence-electron chi connectivity index (χ4n) is 3.13. The Morgan fingerprint density at radius 1 is 1.07 bits per heavy atom. The van der Waals surface area contributed by atoms with Crippen molar-refractivity contribution in [2.45, 2.75) is 25.7 Å². The Morgan fingerprint density at radius 3 is 2.30 bits per heavy atom. The van der Waals surface area contributed by atoms with Crippen LogP contribution in [-0.2, 0) is 25.7 Å². The van der Waals surface area contributed by atoms with Crippen LogP contribution < -0.4 is 14.2 Å². The first-order valence-electron chi connectivity index (χ1n) is 8.29. The largest absolute Gasteiger partial charge is 0.493 e. The smallest absolute Gasteiger partial charge is 0.451 e. The van der Waals surface area contributed by atoms with Crippen LogP contribution in [0.1, 0.15) is 22.6 Å². The molecule has 1 aliphatic heterocycles. The van der Waals surface area contributed by atoms with Gasteiger partial charge in [-0.1, -0.05) is 0 Å². The molecule has 0 amide bonds. The summed E-state index contributed by atoms with van der Waals surface area (Å²) >= 11 is 0. The van der Waals surface area contributed by atoms with Gasteiger partial charge in [0.2, 0.25) is 11.6 Å². The van der Waals surface area contributed by atoms with Crippen molar-refractivity contribution in [2.24, 2.45) is 0 Å². The maximum Gasteiger partial charge on any atom is 0.451 e. The SMILES string of the molecule is COc1cc(CN2CCc3nc(C(F)(F)F)ncc3C2)cc(OC)c1OC. The highest BCUT2D eigenvalue weighted by molar-refractivity contribution is 5.53. The van der Waals surface area contributed by atoms with Crippen molar-refractivity contribution in [1.82, 2.24) is 14.9 Å². The molecule has 1 aliphatic rings. The van der Waals surface area contributed by atoms with Crippen molar-refractivity contribution in [1.29, 1.82) is 0 Å². The minimum atomic E-state index is -4.53. The van der Waals surface area contributed by atoms with Crippen LogP contribution in [0, 0.1) is 0 Å². The summed E-state index contributed by atoms with van der Waals surface area (Å²) in [5.41, 5.74) is 2.11. The molecule has 0 radical (unpaired) electrons. The quantitative estimate of drug-likeness (QED) is 0.791. The number of rotatable bonds is 5. The number of halogens is 3. The van der Waals surface area contributed by atoms with Crippen LogP contribution in [0.15, 0.2) is 18.3 Å². The predicted octanol–water partition coefficient (Wildman–Crippen LogP) is 3.08. The van der Waals surface area contributed by atoms with E-state index in [2.05, 4.69) is 14.9 Å². The minimum absolute atomic E-state index is 0.436. The van der Waals surface area contributed by atoms with Gasteiger partial charge in [0.1, 0.15) is 0 Å². The van der Waals surface area contributed by atoms with Gasteiger partial charge in [0.25, 0.3) is 0 Å². The number of hydrogen-bond donors (Lipinski definition) is 0. The van der Waals surface area contributed by atoms with Crippen LogP contribution in [0.2, 0.25) is 0 Å². The van der Waals surface area contributed by atoms with E-state index in [-0.39, 0.29) is 0 Å². The van der Waals surface area contributed by atoms with Crippen LogP contribution >= 0.6 is 0 Å². The summed E-state index contributed by atoms with van der Waals surface area (Å²) in [5, 5.41) is 0. The molecular formula is C18H20F3N3O3. The zero-order valence-electron chi connectivity index (χ0n) is 15.3. The molecule has 1 aromatic carbocycles.